The summed E-state index contributed by atoms with van der Waals surface area (Å²) >= 11 is 1.97. The van der Waals surface area contributed by atoms with Gasteiger partial charge in [0, 0.05) is 22.3 Å². The summed E-state index contributed by atoms with van der Waals surface area (Å²) in [5.41, 5.74) is 2.82. The van der Waals surface area contributed by atoms with Crippen molar-refractivity contribution in [2.24, 2.45) is 0 Å². The summed E-state index contributed by atoms with van der Waals surface area (Å²) in [7, 11) is 0. The van der Waals surface area contributed by atoms with E-state index in [-0.39, 0.29) is 0 Å². The molecule has 3 rings (SSSR count). The zero-order valence-electron chi connectivity index (χ0n) is 11.9. The fourth-order valence-corrected chi connectivity index (χ4v) is 4.12. The maximum atomic E-state index is 9.37. The number of hydrogen-bond donors (Lipinski definition) is 2. The van der Waals surface area contributed by atoms with Gasteiger partial charge in [0.05, 0.1) is 0 Å². The second-order valence-electron chi connectivity index (χ2n) is 5.45. The minimum Gasteiger partial charge on any atom is -0.508 e. The fourth-order valence-electron chi connectivity index (χ4n) is 2.91. The number of phenolic OH excluding ortho intramolecular Hbond substituents is 1. The van der Waals surface area contributed by atoms with E-state index in [0.29, 0.717) is 11.8 Å². The van der Waals surface area contributed by atoms with Gasteiger partial charge < -0.3 is 10.4 Å². The first kappa shape index (κ1) is 13.7. The van der Waals surface area contributed by atoms with Gasteiger partial charge in [-0.25, -0.2) is 0 Å². The Morgan fingerprint density at radius 3 is 2.75 bits per heavy atom. The molecule has 1 aliphatic carbocycles. The van der Waals surface area contributed by atoms with Crippen molar-refractivity contribution in [2.45, 2.75) is 45.2 Å². The molecular weight excluding hydrogens is 266 g/mol. The lowest BCUT2D eigenvalue weighted by molar-refractivity contribution is 0.473. The highest BCUT2D eigenvalue weighted by Crippen LogP contribution is 2.31. The average molecular weight is 287 g/mol. The molecule has 2 nitrogen and oxygen atoms in total. The van der Waals surface area contributed by atoms with Gasteiger partial charge in [-0.15, -0.1) is 11.3 Å². The van der Waals surface area contributed by atoms with Crippen LogP contribution in [0.3, 0.4) is 0 Å². The number of hydrogen-bond acceptors (Lipinski definition) is 3. The predicted octanol–water partition coefficient (Wildman–Crippen LogP) is 4.18. The molecule has 0 fully saturated rings. The number of rotatable bonds is 5. The lowest BCUT2D eigenvalue weighted by atomic mass is 10.0. The van der Waals surface area contributed by atoms with Gasteiger partial charge in [0.15, 0.2) is 0 Å². The molecular formula is C17H21NOS. The summed E-state index contributed by atoms with van der Waals surface area (Å²) in [6, 6.07) is 10.3. The molecule has 0 aliphatic heterocycles. The zero-order chi connectivity index (χ0) is 13.9. The minimum atomic E-state index is 0.332. The number of aromatic hydroxyl groups is 1. The third kappa shape index (κ3) is 2.89. The van der Waals surface area contributed by atoms with Crippen LogP contribution < -0.4 is 5.32 Å². The Bertz CT molecular complexity index is 552. The number of aryl methyl sites for hydroxylation is 2. The number of fused-ring (bicyclic) bond motifs is 1. The van der Waals surface area contributed by atoms with Crippen molar-refractivity contribution in [3.63, 3.8) is 0 Å². The van der Waals surface area contributed by atoms with Gasteiger partial charge in [0.2, 0.25) is 0 Å². The molecule has 0 radical (unpaired) electrons. The lowest BCUT2D eigenvalue weighted by Gasteiger charge is -2.17. The van der Waals surface area contributed by atoms with Gasteiger partial charge >= 0.3 is 0 Å². The molecule has 1 heterocycles. The van der Waals surface area contributed by atoms with Crippen LogP contribution in [0.1, 0.15) is 46.7 Å². The molecule has 1 aliphatic rings. The Balaban J connectivity index is 1.64. The first-order chi connectivity index (χ1) is 9.76. The molecule has 0 bridgehead atoms. The molecule has 0 spiro atoms. The topological polar surface area (TPSA) is 32.3 Å². The number of phenols is 1. The van der Waals surface area contributed by atoms with Gasteiger partial charge in [0.1, 0.15) is 5.75 Å². The van der Waals surface area contributed by atoms with E-state index in [4.69, 9.17) is 0 Å². The predicted molar refractivity (Wildman–Crippen MR) is 84.3 cm³/mol. The Labute approximate surface area is 124 Å². The summed E-state index contributed by atoms with van der Waals surface area (Å²) in [5.74, 6) is 0.332. The number of thiophene rings is 1. The van der Waals surface area contributed by atoms with Crippen LogP contribution in [0, 0.1) is 0 Å². The van der Waals surface area contributed by atoms with E-state index < -0.39 is 0 Å². The van der Waals surface area contributed by atoms with E-state index >= 15 is 0 Å². The second-order valence-corrected chi connectivity index (χ2v) is 6.67. The number of benzene rings is 1. The van der Waals surface area contributed by atoms with E-state index in [2.05, 4.69) is 18.3 Å². The number of nitrogens with one attached hydrogen (secondary N) is 1. The standard InChI is InChI=1S/C17H21NOS/c1-2-16(12-6-8-14(19)9-7-12)18-11-15-10-13-4-3-5-17(13)20-15/h6-10,16,18-19H,2-5,11H2,1H3. The molecule has 106 valence electrons. The Kier molecular flexibility index (Phi) is 4.08. The van der Waals surface area contributed by atoms with Crippen molar-refractivity contribution in [3.05, 3.63) is 51.2 Å². The SMILES string of the molecule is CCC(NCc1cc2c(s1)CCC2)c1ccc(O)cc1. The quantitative estimate of drug-likeness (QED) is 0.864. The van der Waals surface area contributed by atoms with E-state index in [1.54, 1.807) is 22.6 Å². The first-order valence-electron chi connectivity index (χ1n) is 7.39. The molecule has 3 heteroatoms. The normalized spacial score (nSPS) is 15.2. The molecule has 0 saturated heterocycles. The van der Waals surface area contributed by atoms with Crippen molar-refractivity contribution in [1.82, 2.24) is 5.32 Å². The molecule has 20 heavy (non-hydrogen) atoms. The van der Waals surface area contributed by atoms with Crippen LogP contribution in [0.4, 0.5) is 0 Å². The lowest BCUT2D eigenvalue weighted by Crippen LogP contribution is -2.19. The highest BCUT2D eigenvalue weighted by molar-refractivity contribution is 7.12. The van der Waals surface area contributed by atoms with Crippen LogP contribution in [0.25, 0.3) is 0 Å². The second kappa shape index (κ2) is 5.98. The van der Waals surface area contributed by atoms with Crippen LogP contribution in [0.2, 0.25) is 0 Å². The van der Waals surface area contributed by atoms with Crippen molar-refractivity contribution in [3.8, 4) is 5.75 Å². The smallest absolute Gasteiger partial charge is 0.115 e. The Morgan fingerprint density at radius 2 is 2.05 bits per heavy atom. The summed E-state index contributed by atoms with van der Waals surface area (Å²) < 4.78 is 0. The van der Waals surface area contributed by atoms with Crippen LogP contribution >= 0.6 is 11.3 Å². The maximum Gasteiger partial charge on any atom is 0.115 e. The molecule has 2 aromatic rings. The maximum absolute atomic E-state index is 9.37. The highest BCUT2D eigenvalue weighted by atomic mass is 32.1. The van der Waals surface area contributed by atoms with Gasteiger partial charge in [-0.05, 0) is 55.0 Å². The minimum absolute atomic E-state index is 0.332. The van der Waals surface area contributed by atoms with Crippen LogP contribution in [0.5, 0.6) is 5.75 Å². The molecule has 1 aromatic carbocycles. The van der Waals surface area contributed by atoms with Crippen molar-refractivity contribution in [2.75, 3.05) is 0 Å². The third-order valence-corrected chi connectivity index (χ3v) is 5.26. The monoisotopic (exact) mass is 287 g/mol. The molecule has 1 unspecified atom stereocenters. The van der Waals surface area contributed by atoms with E-state index in [1.165, 1.54) is 29.7 Å². The van der Waals surface area contributed by atoms with E-state index in [0.717, 1.165) is 13.0 Å². The third-order valence-electron chi connectivity index (χ3n) is 4.02. The Morgan fingerprint density at radius 1 is 1.25 bits per heavy atom. The van der Waals surface area contributed by atoms with Crippen LogP contribution in [0.15, 0.2) is 30.3 Å². The van der Waals surface area contributed by atoms with Crippen LogP contribution in [-0.4, -0.2) is 5.11 Å². The zero-order valence-corrected chi connectivity index (χ0v) is 12.7. The fraction of sp³-hybridized carbons (Fsp3) is 0.412. The van der Waals surface area contributed by atoms with Crippen molar-refractivity contribution >= 4 is 11.3 Å². The molecule has 1 aromatic heterocycles. The van der Waals surface area contributed by atoms with Crippen molar-refractivity contribution < 1.29 is 5.11 Å². The summed E-state index contributed by atoms with van der Waals surface area (Å²) in [5, 5.41) is 13.0. The highest BCUT2D eigenvalue weighted by Gasteiger charge is 2.15. The first-order valence-corrected chi connectivity index (χ1v) is 8.20. The summed E-state index contributed by atoms with van der Waals surface area (Å²) in [4.78, 5) is 3.05. The Hall–Kier alpha value is -1.32. The van der Waals surface area contributed by atoms with E-state index in [1.807, 2.05) is 23.5 Å². The van der Waals surface area contributed by atoms with Gasteiger partial charge in [-0.1, -0.05) is 19.1 Å². The van der Waals surface area contributed by atoms with Crippen molar-refractivity contribution in [1.29, 1.82) is 0 Å². The van der Waals surface area contributed by atoms with Gasteiger partial charge in [0.25, 0.3) is 0 Å². The van der Waals surface area contributed by atoms with Gasteiger partial charge in [-0.2, -0.15) is 0 Å². The summed E-state index contributed by atoms with van der Waals surface area (Å²) in [6.07, 6.45) is 4.92. The largest absolute Gasteiger partial charge is 0.508 e. The van der Waals surface area contributed by atoms with E-state index in [9.17, 15) is 5.11 Å². The van der Waals surface area contributed by atoms with Gasteiger partial charge in [-0.3, -0.25) is 0 Å². The molecule has 1 atom stereocenters. The molecule has 2 N–H and O–H groups in total. The van der Waals surface area contributed by atoms with Crippen LogP contribution in [-0.2, 0) is 19.4 Å². The average Bonchev–Trinajstić information content (AvgIpc) is 3.02. The summed E-state index contributed by atoms with van der Waals surface area (Å²) in [6.45, 7) is 3.13. The molecule has 0 saturated carbocycles. The molecule has 0 amide bonds.